The highest BCUT2D eigenvalue weighted by Gasteiger charge is 2.33. The molecule has 4 rings (SSSR count). The van der Waals surface area contributed by atoms with E-state index in [9.17, 15) is 9.13 Å². The van der Waals surface area contributed by atoms with Crippen LogP contribution < -0.4 is 4.84 Å². The first-order valence-electron chi connectivity index (χ1n) is 15.7. The van der Waals surface area contributed by atoms with E-state index in [4.69, 9.17) is 36.7 Å². The van der Waals surface area contributed by atoms with E-state index in [1.54, 1.807) is 25.8 Å². The summed E-state index contributed by atoms with van der Waals surface area (Å²) in [4.78, 5) is 20.3. The molecule has 3 heterocycles. The van der Waals surface area contributed by atoms with E-state index in [2.05, 4.69) is 35.9 Å². The van der Waals surface area contributed by atoms with Crippen molar-refractivity contribution >= 4 is 37.8 Å². The van der Waals surface area contributed by atoms with Gasteiger partial charge in [0.25, 0.3) is 5.88 Å². The van der Waals surface area contributed by atoms with E-state index in [1.165, 1.54) is 17.5 Å². The second kappa shape index (κ2) is 20.1. The fourth-order valence-corrected chi connectivity index (χ4v) is 6.83. The highest BCUT2D eigenvalue weighted by atomic mass is 31.2. The minimum Gasteiger partial charge on any atom is -0.663 e. The van der Waals surface area contributed by atoms with Crippen molar-refractivity contribution in [2.75, 3.05) is 73.9 Å². The van der Waals surface area contributed by atoms with Crippen LogP contribution in [0.4, 0.5) is 0 Å². The number of methoxy groups -OCH3 is 1. The number of para-hydroxylation sites is 1. The number of rotatable bonds is 26. The van der Waals surface area contributed by atoms with Gasteiger partial charge >= 0.3 is 15.6 Å². The predicted molar refractivity (Wildman–Crippen MR) is 178 cm³/mol. The van der Waals surface area contributed by atoms with Crippen LogP contribution in [0.3, 0.4) is 0 Å². The van der Waals surface area contributed by atoms with Crippen molar-refractivity contribution < 1.29 is 45.8 Å². The monoisotopic (exact) mass is 727 g/mol. The van der Waals surface area contributed by atoms with Crippen molar-refractivity contribution in [2.24, 2.45) is 0 Å². The molecule has 3 aromatic heterocycles. The van der Waals surface area contributed by atoms with Gasteiger partial charge in [-0.25, -0.2) is 19.1 Å². The summed E-state index contributed by atoms with van der Waals surface area (Å²) in [5.74, 6) is 0.128. The first-order valence-corrected chi connectivity index (χ1v) is 18.6. The molecular weight excluding hydrogens is 684 g/mol. The molecule has 0 spiro atoms. The SMILES string of the molecule is CCCC(OP(=O)(OCCCOP(=O)(OCCCOC)OCC[N-]C)OCC[N-]C)n1cnc2c(On3nnc4ccccc43)ncnc21. The third kappa shape index (κ3) is 11.6. The first kappa shape index (κ1) is 38.9. The maximum Gasteiger partial charge on any atom is 0.476 e. The molecule has 0 radical (unpaired) electrons. The molecule has 19 nitrogen and oxygen atoms in total. The van der Waals surface area contributed by atoms with E-state index in [0.717, 1.165) is 0 Å². The normalized spacial score (nSPS) is 15.0. The minimum absolute atomic E-state index is 0.0132. The first-order chi connectivity index (χ1) is 23.8. The number of nitrogens with zero attached hydrogens (tertiary/aromatic N) is 9. The Morgan fingerprint density at radius 1 is 0.837 bits per heavy atom. The maximum atomic E-state index is 14.0. The van der Waals surface area contributed by atoms with Crippen LogP contribution >= 0.6 is 15.6 Å². The lowest BCUT2D eigenvalue weighted by molar-refractivity contribution is 0.0410. The summed E-state index contributed by atoms with van der Waals surface area (Å²) in [6.45, 7) is 2.92. The summed E-state index contributed by atoms with van der Waals surface area (Å²) < 4.78 is 67.3. The molecule has 4 aromatic rings. The molecule has 1 aromatic carbocycles. The Morgan fingerprint density at radius 3 is 2.18 bits per heavy atom. The number of ether oxygens (including phenoxy) is 1. The summed E-state index contributed by atoms with van der Waals surface area (Å²) >= 11 is 0. The Hall–Kier alpha value is -2.93. The van der Waals surface area contributed by atoms with E-state index in [1.807, 2.05) is 31.2 Å². The van der Waals surface area contributed by atoms with E-state index >= 15 is 0 Å². The number of phosphoric ester groups is 2. The lowest BCUT2D eigenvalue weighted by Crippen LogP contribution is -2.15. The zero-order chi connectivity index (χ0) is 35.0. The Bertz CT molecular complexity index is 1660. The molecule has 0 aliphatic carbocycles. The molecule has 0 amide bonds. The number of phosphoric acid groups is 2. The zero-order valence-corrected chi connectivity index (χ0v) is 29.8. The topological polar surface area (TPSA) is 210 Å². The van der Waals surface area contributed by atoms with E-state index < -0.39 is 21.9 Å². The van der Waals surface area contributed by atoms with Crippen molar-refractivity contribution in [3.8, 4) is 5.88 Å². The molecule has 3 atom stereocenters. The maximum absolute atomic E-state index is 14.0. The standard InChI is InChI=1S/C28H43N9O10P2/c1-5-10-25(36-22-33-26-27(36)31-21-32-28(26)46-37-24-12-7-6-11-23(24)34-35-37)47-49(39,45-20-14-30-3)43-18-9-17-42-48(38,44-19-13-29-2)41-16-8-15-40-4/h6-7,11-12,21-22,25H,5,8-10,13-20H2,1-4H3/q-2. The molecule has 0 saturated carbocycles. The van der Waals surface area contributed by atoms with Crippen LogP contribution in [0.1, 0.15) is 38.8 Å². The third-order valence-corrected chi connectivity index (χ3v) is 9.57. The molecule has 0 saturated heterocycles. The van der Waals surface area contributed by atoms with Crippen LogP contribution in [0, 0.1) is 0 Å². The van der Waals surface area contributed by atoms with Gasteiger partial charge in [-0.15, -0.1) is 18.2 Å². The van der Waals surface area contributed by atoms with Crippen LogP contribution in [0.15, 0.2) is 36.9 Å². The Labute approximate surface area is 284 Å². The number of benzene rings is 1. The molecule has 0 bridgehead atoms. The summed E-state index contributed by atoms with van der Waals surface area (Å²) in [7, 11) is -3.27. The number of fused-ring (bicyclic) bond motifs is 2. The van der Waals surface area contributed by atoms with Crippen molar-refractivity contribution in [2.45, 2.75) is 38.8 Å². The molecule has 0 aliphatic rings. The third-order valence-electron chi connectivity index (χ3n) is 6.57. The second-order valence-corrected chi connectivity index (χ2v) is 13.5. The number of hydrogen-bond acceptors (Lipinski definition) is 15. The second-order valence-electron chi connectivity index (χ2n) is 10.2. The van der Waals surface area contributed by atoms with Gasteiger partial charge < -0.3 is 20.2 Å². The van der Waals surface area contributed by atoms with Crippen molar-refractivity contribution in [3.63, 3.8) is 0 Å². The van der Waals surface area contributed by atoms with Gasteiger partial charge in [-0.05, 0) is 36.6 Å². The molecular formula is C28H43N9O10P2-2. The highest BCUT2D eigenvalue weighted by Crippen LogP contribution is 2.54. The van der Waals surface area contributed by atoms with E-state index in [-0.39, 0.29) is 51.9 Å². The van der Waals surface area contributed by atoms with Crippen LogP contribution in [-0.2, 0) is 41.0 Å². The molecule has 21 heteroatoms. The molecule has 272 valence electrons. The quantitative estimate of drug-likeness (QED) is 0.0580. The summed E-state index contributed by atoms with van der Waals surface area (Å²) in [5, 5.41) is 16.1. The Morgan fingerprint density at radius 2 is 1.49 bits per heavy atom. The van der Waals surface area contributed by atoms with Gasteiger partial charge in [0.05, 0.1) is 26.1 Å². The highest BCUT2D eigenvalue weighted by molar-refractivity contribution is 7.48. The number of imidazole rings is 1. The van der Waals surface area contributed by atoms with Gasteiger partial charge in [-0.2, -0.15) is 19.1 Å². The Kier molecular flexibility index (Phi) is 15.9. The average molecular weight is 728 g/mol. The largest absolute Gasteiger partial charge is 0.663 e. The lowest BCUT2D eigenvalue weighted by Gasteiger charge is -2.26. The summed E-state index contributed by atoms with van der Waals surface area (Å²) in [6.07, 6.45) is 3.66. The number of aromatic nitrogens is 7. The van der Waals surface area contributed by atoms with Gasteiger partial charge in [-0.3, -0.25) is 31.7 Å². The van der Waals surface area contributed by atoms with Gasteiger partial charge in [0.1, 0.15) is 23.6 Å². The zero-order valence-electron chi connectivity index (χ0n) is 28.0. The molecule has 49 heavy (non-hydrogen) atoms. The van der Waals surface area contributed by atoms with Crippen molar-refractivity contribution in [1.82, 2.24) is 34.7 Å². The molecule has 0 aliphatic heterocycles. The summed E-state index contributed by atoms with van der Waals surface area (Å²) in [6, 6.07) is 7.30. The van der Waals surface area contributed by atoms with Crippen LogP contribution in [0.2, 0.25) is 0 Å². The van der Waals surface area contributed by atoms with E-state index in [0.29, 0.717) is 54.6 Å². The number of hydrogen-bond donors (Lipinski definition) is 0. The van der Waals surface area contributed by atoms with Gasteiger partial charge in [0, 0.05) is 26.9 Å². The van der Waals surface area contributed by atoms with Crippen LogP contribution in [0.25, 0.3) is 32.8 Å². The molecule has 3 unspecified atom stereocenters. The molecule has 0 N–H and O–H groups in total. The van der Waals surface area contributed by atoms with Crippen LogP contribution in [0.5, 0.6) is 5.88 Å². The average Bonchev–Trinajstić information content (AvgIpc) is 3.72. The summed E-state index contributed by atoms with van der Waals surface area (Å²) in [5.41, 5.74) is 1.95. The number of likely N-dealkylation sites (N-methyl/N-ethyl adjacent to an activating group) is 2. The van der Waals surface area contributed by atoms with Crippen molar-refractivity contribution in [3.05, 3.63) is 47.6 Å². The minimum atomic E-state index is -4.19. The Balaban J connectivity index is 1.44. The van der Waals surface area contributed by atoms with Gasteiger partial charge in [0.2, 0.25) is 0 Å². The van der Waals surface area contributed by atoms with Crippen LogP contribution in [-0.4, -0.2) is 109 Å². The lowest BCUT2D eigenvalue weighted by atomic mass is 10.3. The fourth-order valence-electron chi connectivity index (χ4n) is 4.23. The van der Waals surface area contributed by atoms with Crippen molar-refractivity contribution in [1.29, 1.82) is 0 Å². The smallest absolute Gasteiger partial charge is 0.476 e. The van der Waals surface area contributed by atoms with Gasteiger partial charge in [-0.1, -0.05) is 30.3 Å². The molecule has 0 fully saturated rings. The van der Waals surface area contributed by atoms with Gasteiger partial charge in [0.15, 0.2) is 11.2 Å². The fraction of sp³-hybridized carbons (Fsp3) is 0.607. The predicted octanol–water partition coefficient (Wildman–Crippen LogP) is 5.46.